The SMILES string of the molecule is CCn1nc(C)c(CCN(C)C(=O)C2CCCn3c(-c4cnccn4)nnc32)c1C. The van der Waals surface area contributed by atoms with Crippen molar-refractivity contribution in [3.63, 3.8) is 0 Å². The fourth-order valence-electron chi connectivity index (χ4n) is 4.27. The second-order valence-corrected chi connectivity index (χ2v) is 7.79. The lowest BCUT2D eigenvalue weighted by molar-refractivity contribution is -0.132. The average molecular weight is 409 g/mol. The standard InChI is InChI=1S/C21H28N8O/c1-5-29-15(3)16(14(2)26-29)8-12-27(4)21(30)17-7-6-11-28-19(17)24-25-20(28)18-13-22-9-10-23-18/h9-10,13,17H,5-8,11-12H2,1-4H3. The third-order valence-corrected chi connectivity index (χ3v) is 5.96. The summed E-state index contributed by atoms with van der Waals surface area (Å²) in [7, 11) is 1.87. The van der Waals surface area contributed by atoms with E-state index in [0.717, 1.165) is 43.9 Å². The van der Waals surface area contributed by atoms with E-state index in [9.17, 15) is 4.79 Å². The molecular formula is C21H28N8O. The molecule has 4 rings (SSSR count). The maximum absolute atomic E-state index is 13.3. The smallest absolute Gasteiger partial charge is 0.233 e. The average Bonchev–Trinajstić information content (AvgIpc) is 3.32. The first kappa shape index (κ1) is 20.2. The van der Waals surface area contributed by atoms with Crippen LogP contribution in [-0.4, -0.2) is 58.9 Å². The number of aromatic nitrogens is 7. The Morgan fingerprint density at radius 2 is 2.10 bits per heavy atom. The number of amides is 1. The summed E-state index contributed by atoms with van der Waals surface area (Å²) in [6.45, 7) is 8.51. The molecule has 158 valence electrons. The molecule has 1 unspecified atom stereocenters. The van der Waals surface area contributed by atoms with Crippen molar-refractivity contribution in [3.05, 3.63) is 41.4 Å². The fourth-order valence-corrected chi connectivity index (χ4v) is 4.27. The fraction of sp³-hybridized carbons (Fsp3) is 0.524. The molecule has 0 bridgehead atoms. The van der Waals surface area contributed by atoms with E-state index in [1.54, 1.807) is 18.6 Å². The Labute approximate surface area is 176 Å². The molecule has 4 heterocycles. The monoisotopic (exact) mass is 408 g/mol. The Bertz CT molecular complexity index is 1040. The number of hydrogen-bond acceptors (Lipinski definition) is 6. The van der Waals surface area contributed by atoms with E-state index in [-0.39, 0.29) is 11.8 Å². The number of likely N-dealkylation sites (N-methyl/N-ethyl adjacent to an activating group) is 1. The lowest BCUT2D eigenvalue weighted by Gasteiger charge is -2.27. The van der Waals surface area contributed by atoms with Crippen LogP contribution in [0.3, 0.4) is 0 Å². The van der Waals surface area contributed by atoms with Crippen LogP contribution in [0.4, 0.5) is 0 Å². The Morgan fingerprint density at radius 1 is 1.27 bits per heavy atom. The predicted octanol–water partition coefficient (Wildman–Crippen LogP) is 2.15. The number of nitrogens with zero attached hydrogens (tertiary/aromatic N) is 8. The van der Waals surface area contributed by atoms with Gasteiger partial charge in [0.05, 0.1) is 17.8 Å². The Hall–Kier alpha value is -3.10. The second-order valence-electron chi connectivity index (χ2n) is 7.79. The van der Waals surface area contributed by atoms with Crippen molar-refractivity contribution in [2.75, 3.05) is 13.6 Å². The zero-order valence-electron chi connectivity index (χ0n) is 18.0. The number of carbonyl (C=O) groups excluding carboxylic acids is 1. The number of fused-ring (bicyclic) bond motifs is 1. The van der Waals surface area contributed by atoms with E-state index >= 15 is 0 Å². The van der Waals surface area contributed by atoms with Crippen molar-refractivity contribution in [2.24, 2.45) is 0 Å². The topological polar surface area (TPSA) is 94.6 Å². The number of rotatable bonds is 6. The maximum Gasteiger partial charge on any atom is 0.233 e. The van der Waals surface area contributed by atoms with E-state index in [4.69, 9.17) is 0 Å². The van der Waals surface area contributed by atoms with Gasteiger partial charge in [0.15, 0.2) is 5.82 Å². The number of aryl methyl sites for hydroxylation is 2. The molecule has 0 N–H and O–H groups in total. The van der Waals surface area contributed by atoms with Crippen LogP contribution in [-0.2, 0) is 24.3 Å². The van der Waals surface area contributed by atoms with Gasteiger partial charge < -0.3 is 9.47 Å². The molecular weight excluding hydrogens is 380 g/mol. The van der Waals surface area contributed by atoms with Crippen molar-refractivity contribution in [2.45, 2.75) is 59.0 Å². The molecule has 3 aromatic heterocycles. The minimum Gasteiger partial charge on any atom is -0.345 e. The molecule has 1 aliphatic heterocycles. The van der Waals surface area contributed by atoms with Crippen molar-refractivity contribution in [1.82, 2.24) is 39.4 Å². The molecule has 0 saturated carbocycles. The zero-order valence-corrected chi connectivity index (χ0v) is 18.0. The molecule has 1 atom stereocenters. The number of carbonyl (C=O) groups is 1. The molecule has 1 amide bonds. The first-order valence-electron chi connectivity index (χ1n) is 10.5. The van der Waals surface area contributed by atoms with Crippen molar-refractivity contribution in [3.8, 4) is 11.5 Å². The molecule has 0 aromatic carbocycles. The Kier molecular flexibility index (Phi) is 5.61. The minimum absolute atomic E-state index is 0.0900. The highest BCUT2D eigenvalue weighted by molar-refractivity contribution is 5.83. The third kappa shape index (κ3) is 3.59. The lowest BCUT2D eigenvalue weighted by Crippen LogP contribution is -2.36. The van der Waals surface area contributed by atoms with Crippen LogP contribution in [0, 0.1) is 13.8 Å². The van der Waals surface area contributed by atoms with Crippen LogP contribution in [0.2, 0.25) is 0 Å². The first-order chi connectivity index (χ1) is 14.5. The Balaban J connectivity index is 1.50. The van der Waals surface area contributed by atoms with Crippen LogP contribution in [0.15, 0.2) is 18.6 Å². The van der Waals surface area contributed by atoms with Gasteiger partial charge in [-0.15, -0.1) is 10.2 Å². The largest absolute Gasteiger partial charge is 0.345 e. The van der Waals surface area contributed by atoms with Crippen LogP contribution in [0.5, 0.6) is 0 Å². The maximum atomic E-state index is 13.3. The van der Waals surface area contributed by atoms with Crippen LogP contribution >= 0.6 is 0 Å². The van der Waals surface area contributed by atoms with Gasteiger partial charge in [-0.05, 0) is 45.6 Å². The van der Waals surface area contributed by atoms with Gasteiger partial charge in [0.2, 0.25) is 5.91 Å². The molecule has 9 nitrogen and oxygen atoms in total. The summed E-state index contributed by atoms with van der Waals surface area (Å²) in [5, 5.41) is 13.3. The van der Waals surface area contributed by atoms with Crippen molar-refractivity contribution >= 4 is 5.91 Å². The highest BCUT2D eigenvalue weighted by Crippen LogP contribution is 2.30. The van der Waals surface area contributed by atoms with Gasteiger partial charge in [-0.2, -0.15) is 5.10 Å². The molecule has 0 fully saturated rings. The third-order valence-electron chi connectivity index (χ3n) is 5.96. The number of hydrogen-bond donors (Lipinski definition) is 0. The van der Waals surface area contributed by atoms with Gasteiger partial charge in [0, 0.05) is 44.8 Å². The van der Waals surface area contributed by atoms with Crippen molar-refractivity contribution in [1.29, 1.82) is 0 Å². The van der Waals surface area contributed by atoms with E-state index in [2.05, 4.69) is 39.1 Å². The van der Waals surface area contributed by atoms with Crippen LogP contribution in [0.1, 0.15) is 48.5 Å². The van der Waals surface area contributed by atoms with Gasteiger partial charge in [0.1, 0.15) is 11.5 Å². The quantitative estimate of drug-likeness (QED) is 0.620. The molecule has 3 aromatic rings. The van der Waals surface area contributed by atoms with E-state index in [0.29, 0.717) is 18.1 Å². The van der Waals surface area contributed by atoms with Gasteiger partial charge in [-0.3, -0.25) is 14.5 Å². The lowest BCUT2D eigenvalue weighted by atomic mass is 9.97. The molecule has 9 heteroatoms. The molecule has 1 aliphatic rings. The highest BCUT2D eigenvalue weighted by Gasteiger charge is 2.33. The molecule has 30 heavy (non-hydrogen) atoms. The second kappa shape index (κ2) is 8.33. The predicted molar refractivity (Wildman–Crippen MR) is 112 cm³/mol. The summed E-state index contributed by atoms with van der Waals surface area (Å²) in [6.07, 6.45) is 7.44. The van der Waals surface area contributed by atoms with E-state index in [1.807, 2.05) is 28.1 Å². The first-order valence-corrected chi connectivity index (χ1v) is 10.5. The van der Waals surface area contributed by atoms with Gasteiger partial charge in [-0.25, -0.2) is 4.98 Å². The summed E-state index contributed by atoms with van der Waals surface area (Å²) < 4.78 is 4.04. The summed E-state index contributed by atoms with van der Waals surface area (Å²) in [5.41, 5.74) is 4.13. The van der Waals surface area contributed by atoms with Gasteiger partial charge in [0.25, 0.3) is 0 Å². The zero-order chi connectivity index (χ0) is 21.3. The Morgan fingerprint density at radius 3 is 2.80 bits per heavy atom. The van der Waals surface area contributed by atoms with Crippen LogP contribution < -0.4 is 0 Å². The highest BCUT2D eigenvalue weighted by atomic mass is 16.2. The summed E-state index contributed by atoms with van der Waals surface area (Å²) >= 11 is 0. The summed E-state index contributed by atoms with van der Waals surface area (Å²) in [4.78, 5) is 23.5. The van der Waals surface area contributed by atoms with Gasteiger partial charge >= 0.3 is 0 Å². The van der Waals surface area contributed by atoms with Gasteiger partial charge in [-0.1, -0.05) is 0 Å². The summed E-state index contributed by atoms with van der Waals surface area (Å²) in [6, 6.07) is 0. The normalized spacial score (nSPS) is 15.8. The summed E-state index contributed by atoms with van der Waals surface area (Å²) in [5.74, 6) is 1.22. The van der Waals surface area contributed by atoms with Crippen LogP contribution in [0.25, 0.3) is 11.5 Å². The molecule has 0 spiro atoms. The molecule has 0 saturated heterocycles. The van der Waals surface area contributed by atoms with E-state index in [1.165, 1.54) is 11.3 Å². The molecule has 0 aliphatic carbocycles. The van der Waals surface area contributed by atoms with Crippen molar-refractivity contribution < 1.29 is 4.79 Å². The minimum atomic E-state index is -0.276. The molecule has 0 radical (unpaired) electrons. The van der Waals surface area contributed by atoms with E-state index < -0.39 is 0 Å².